The first-order chi connectivity index (χ1) is 14.5. The Balaban J connectivity index is 1.64. The maximum atomic E-state index is 13.7. The number of carbonyl (C=O) groups is 2. The average Bonchev–Trinajstić information content (AvgIpc) is 3.17. The highest BCUT2D eigenvalue weighted by molar-refractivity contribution is 5.98. The maximum Gasteiger partial charge on any atom is 0.253 e. The number of carbonyl (C=O) groups excluding carboxylic acids is 2. The summed E-state index contributed by atoms with van der Waals surface area (Å²) in [4.78, 5) is 34.2. The molecule has 8 nitrogen and oxygen atoms in total. The number of rotatable bonds is 4. The Hall–Kier alpha value is -3.07. The summed E-state index contributed by atoms with van der Waals surface area (Å²) in [6.45, 7) is 5.67. The van der Waals surface area contributed by atoms with Gasteiger partial charge in [-0.3, -0.25) is 9.59 Å². The van der Waals surface area contributed by atoms with E-state index < -0.39 is 11.4 Å². The molecule has 0 radical (unpaired) electrons. The fraction of sp³-hybridized carbons (Fsp3) is 0.429. The first kappa shape index (κ1) is 20.2. The monoisotopic (exact) mass is 412 g/mol. The van der Waals surface area contributed by atoms with Crippen LogP contribution in [0.4, 0.5) is 4.39 Å². The van der Waals surface area contributed by atoms with Crippen LogP contribution in [0.1, 0.15) is 38.3 Å². The normalized spacial score (nSPS) is 20.0. The lowest BCUT2D eigenvalue weighted by atomic mass is 9.84. The van der Waals surface area contributed by atoms with Crippen LogP contribution in [-0.2, 0) is 9.59 Å². The van der Waals surface area contributed by atoms with E-state index in [4.69, 9.17) is 0 Å². The molecule has 1 atom stereocenters. The summed E-state index contributed by atoms with van der Waals surface area (Å²) in [6, 6.07) is 3.25. The van der Waals surface area contributed by atoms with E-state index >= 15 is 0 Å². The number of aromatic nitrogens is 3. The van der Waals surface area contributed by atoms with Crippen LogP contribution in [0.25, 0.3) is 5.82 Å². The molecule has 1 saturated heterocycles. The molecular formula is C21H25FN6O2. The second kappa shape index (κ2) is 7.98. The summed E-state index contributed by atoms with van der Waals surface area (Å²) in [6.07, 6.45) is 8.25. The topological polar surface area (TPSA) is 83.4 Å². The fourth-order valence-corrected chi connectivity index (χ4v) is 4.32. The Morgan fingerprint density at radius 1 is 1.23 bits per heavy atom. The van der Waals surface area contributed by atoms with Gasteiger partial charge in [0.2, 0.25) is 5.91 Å². The van der Waals surface area contributed by atoms with E-state index in [0.717, 1.165) is 11.8 Å². The summed E-state index contributed by atoms with van der Waals surface area (Å²) < 4.78 is 14.6. The highest BCUT2D eigenvalue weighted by Crippen LogP contribution is 2.34. The van der Waals surface area contributed by atoms with Crippen molar-refractivity contribution in [1.29, 1.82) is 0 Å². The van der Waals surface area contributed by atoms with Crippen molar-refractivity contribution in [3.05, 3.63) is 54.4 Å². The molecule has 9 heteroatoms. The Labute approximate surface area is 174 Å². The fourth-order valence-electron chi connectivity index (χ4n) is 4.32. The summed E-state index contributed by atoms with van der Waals surface area (Å²) in [5.74, 6) is -0.169. The van der Waals surface area contributed by atoms with Crippen molar-refractivity contribution in [3.63, 3.8) is 0 Å². The Morgan fingerprint density at radius 3 is 2.60 bits per heavy atom. The summed E-state index contributed by atoms with van der Waals surface area (Å²) in [7, 11) is 0. The lowest BCUT2D eigenvalue weighted by molar-refractivity contribution is -0.152. The number of nitrogens with zero attached hydrogens (tertiary/aromatic N) is 5. The van der Waals surface area contributed by atoms with E-state index in [1.54, 1.807) is 28.3 Å². The standard InChI is InChI=1S/C21H25FN6O2/c1-3-27-19(29)6-11-26(20(30)21(27)7-9-23-10-8-21)15(2)16-4-5-18(24-12-16)28-14-17(22)13-25-28/h4-6,11-15,23H,3,7-10H2,1-2H3. The third kappa shape index (κ3) is 3.39. The molecule has 0 saturated carbocycles. The number of amides is 2. The van der Waals surface area contributed by atoms with E-state index in [9.17, 15) is 14.0 Å². The van der Waals surface area contributed by atoms with Crippen LogP contribution >= 0.6 is 0 Å². The van der Waals surface area contributed by atoms with E-state index in [2.05, 4.69) is 15.4 Å². The largest absolute Gasteiger partial charge is 0.325 e. The van der Waals surface area contributed by atoms with Gasteiger partial charge in [0.25, 0.3) is 5.91 Å². The number of hydrogen-bond donors (Lipinski definition) is 1. The first-order valence-electron chi connectivity index (χ1n) is 10.2. The predicted octanol–water partition coefficient (Wildman–Crippen LogP) is 1.79. The number of nitrogens with one attached hydrogen (secondary N) is 1. The average molecular weight is 412 g/mol. The molecule has 2 amide bonds. The van der Waals surface area contributed by atoms with Crippen LogP contribution in [0, 0.1) is 5.82 Å². The third-order valence-electron chi connectivity index (χ3n) is 6.00. The van der Waals surface area contributed by atoms with Gasteiger partial charge in [0.1, 0.15) is 5.54 Å². The quantitative estimate of drug-likeness (QED) is 0.828. The lowest BCUT2D eigenvalue weighted by Crippen LogP contribution is -2.63. The molecule has 2 aliphatic rings. The zero-order valence-corrected chi connectivity index (χ0v) is 17.1. The second-order valence-electron chi connectivity index (χ2n) is 7.62. The Bertz CT molecular complexity index is 964. The number of piperidine rings is 1. The van der Waals surface area contributed by atoms with E-state index in [0.29, 0.717) is 38.3 Å². The van der Waals surface area contributed by atoms with Crippen molar-refractivity contribution in [2.24, 2.45) is 0 Å². The van der Waals surface area contributed by atoms with Crippen molar-refractivity contribution in [2.45, 2.75) is 38.3 Å². The van der Waals surface area contributed by atoms with Gasteiger partial charge in [0, 0.05) is 25.0 Å². The molecule has 1 N–H and O–H groups in total. The van der Waals surface area contributed by atoms with Crippen LogP contribution in [0.3, 0.4) is 0 Å². The molecule has 4 rings (SSSR count). The Morgan fingerprint density at radius 2 is 2.00 bits per heavy atom. The zero-order chi connectivity index (χ0) is 21.3. The SMILES string of the molecule is CCN1C(=O)C=CN(C(C)c2ccc(-n3cc(F)cn3)nc2)C(=O)C12CCNCC2. The molecule has 4 heterocycles. The smallest absolute Gasteiger partial charge is 0.253 e. The van der Waals surface area contributed by atoms with Gasteiger partial charge in [0.05, 0.1) is 18.4 Å². The highest BCUT2D eigenvalue weighted by Gasteiger charge is 2.49. The molecule has 1 spiro atoms. The van der Waals surface area contributed by atoms with E-state index in [1.807, 2.05) is 19.9 Å². The predicted molar refractivity (Wildman–Crippen MR) is 108 cm³/mol. The zero-order valence-electron chi connectivity index (χ0n) is 17.1. The number of pyridine rings is 1. The minimum absolute atomic E-state index is 0.0707. The molecule has 1 unspecified atom stereocenters. The van der Waals surface area contributed by atoms with Gasteiger partial charge >= 0.3 is 0 Å². The lowest BCUT2D eigenvalue weighted by Gasteiger charge is -2.45. The molecule has 0 aliphatic carbocycles. The van der Waals surface area contributed by atoms with Crippen molar-refractivity contribution in [1.82, 2.24) is 29.9 Å². The Kier molecular flexibility index (Phi) is 5.38. The van der Waals surface area contributed by atoms with Gasteiger partial charge < -0.3 is 15.1 Å². The number of halogens is 1. The van der Waals surface area contributed by atoms with Gasteiger partial charge in [0.15, 0.2) is 11.6 Å². The minimum Gasteiger partial charge on any atom is -0.325 e. The molecule has 158 valence electrons. The minimum atomic E-state index is -0.838. The van der Waals surface area contributed by atoms with Gasteiger partial charge in [-0.05, 0) is 51.4 Å². The molecular weight excluding hydrogens is 387 g/mol. The van der Waals surface area contributed by atoms with Crippen LogP contribution in [-0.4, -0.2) is 61.6 Å². The van der Waals surface area contributed by atoms with Crippen LogP contribution < -0.4 is 5.32 Å². The third-order valence-corrected chi connectivity index (χ3v) is 6.00. The van der Waals surface area contributed by atoms with Crippen molar-refractivity contribution < 1.29 is 14.0 Å². The van der Waals surface area contributed by atoms with E-state index in [-0.39, 0.29) is 17.9 Å². The van der Waals surface area contributed by atoms with Gasteiger partial charge in [-0.25, -0.2) is 14.1 Å². The molecule has 0 bridgehead atoms. The molecule has 0 aromatic carbocycles. The van der Waals surface area contributed by atoms with Crippen LogP contribution in [0.15, 0.2) is 43.0 Å². The maximum absolute atomic E-state index is 13.7. The van der Waals surface area contributed by atoms with Crippen molar-refractivity contribution in [2.75, 3.05) is 19.6 Å². The second-order valence-corrected chi connectivity index (χ2v) is 7.62. The van der Waals surface area contributed by atoms with Crippen molar-refractivity contribution in [3.8, 4) is 5.82 Å². The first-order valence-corrected chi connectivity index (χ1v) is 10.2. The van der Waals surface area contributed by atoms with Crippen molar-refractivity contribution >= 4 is 11.8 Å². The van der Waals surface area contributed by atoms with Gasteiger partial charge in [-0.1, -0.05) is 6.07 Å². The van der Waals surface area contributed by atoms with Crippen LogP contribution in [0.2, 0.25) is 0 Å². The van der Waals surface area contributed by atoms with Crippen LogP contribution in [0.5, 0.6) is 0 Å². The molecule has 1 fully saturated rings. The van der Waals surface area contributed by atoms with E-state index in [1.165, 1.54) is 17.0 Å². The summed E-state index contributed by atoms with van der Waals surface area (Å²) >= 11 is 0. The molecule has 2 aromatic rings. The molecule has 2 aliphatic heterocycles. The van der Waals surface area contributed by atoms with Gasteiger partial charge in [-0.15, -0.1) is 0 Å². The number of likely N-dealkylation sites (N-methyl/N-ethyl adjacent to an activating group) is 1. The highest BCUT2D eigenvalue weighted by atomic mass is 19.1. The van der Waals surface area contributed by atoms with Gasteiger partial charge in [-0.2, -0.15) is 5.10 Å². The molecule has 2 aromatic heterocycles. The number of hydrogen-bond acceptors (Lipinski definition) is 5. The molecule has 30 heavy (non-hydrogen) atoms. The summed E-state index contributed by atoms with van der Waals surface area (Å²) in [5, 5.41) is 7.19. The summed E-state index contributed by atoms with van der Waals surface area (Å²) in [5.41, 5.74) is -0.0275.